The van der Waals surface area contributed by atoms with Crippen molar-refractivity contribution in [2.75, 3.05) is 0 Å². The van der Waals surface area contributed by atoms with Gasteiger partial charge in [0, 0.05) is 18.0 Å². The van der Waals surface area contributed by atoms with E-state index in [2.05, 4.69) is 15.1 Å². The number of nitrogens with zero attached hydrogens (tertiary/aromatic N) is 3. The Morgan fingerprint density at radius 3 is 2.92 bits per heavy atom. The highest BCUT2D eigenvalue weighted by molar-refractivity contribution is 6.17. The van der Waals surface area contributed by atoms with E-state index in [1.165, 1.54) is 0 Å². The van der Waals surface area contributed by atoms with Crippen molar-refractivity contribution in [1.29, 1.82) is 0 Å². The van der Waals surface area contributed by atoms with Crippen LogP contribution >= 0.6 is 11.6 Å². The van der Waals surface area contributed by atoms with Crippen LogP contribution in [0.1, 0.15) is 5.56 Å². The molecule has 4 nitrogen and oxygen atoms in total. The third-order valence-corrected chi connectivity index (χ3v) is 1.87. The summed E-state index contributed by atoms with van der Waals surface area (Å²) in [6.07, 6.45) is 6.38. The van der Waals surface area contributed by atoms with Crippen LogP contribution in [0.15, 0.2) is 29.3 Å². The molecular formula is C8H6ClN3O. The smallest absolute Gasteiger partial charge is 0.191 e. The van der Waals surface area contributed by atoms with Gasteiger partial charge in [0.15, 0.2) is 5.76 Å². The first kappa shape index (κ1) is 8.19. The summed E-state index contributed by atoms with van der Waals surface area (Å²) < 4.78 is 5.00. The first-order valence-electron chi connectivity index (χ1n) is 3.67. The summed E-state index contributed by atoms with van der Waals surface area (Å²) in [5, 5.41) is 3.64. The SMILES string of the molecule is ClCc1cnoc1-c1cnccn1. The maximum atomic E-state index is 5.68. The third-order valence-electron chi connectivity index (χ3n) is 1.58. The molecule has 0 unspecified atom stereocenters. The maximum absolute atomic E-state index is 5.68. The van der Waals surface area contributed by atoms with Crippen molar-refractivity contribution in [2.45, 2.75) is 5.88 Å². The van der Waals surface area contributed by atoms with E-state index in [9.17, 15) is 0 Å². The van der Waals surface area contributed by atoms with Crippen molar-refractivity contribution in [3.05, 3.63) is 30.4 Å². The van der Waals surface area contributed by atoms with Gasteiger partial charge in [-0.05, 0) is 0 Å². The van der Waals surface area contributed by atoms with E-state index in [-0.39, 0.29) is 0 Å². The molecule has 0 amide bonds. The Morgan fingerprint density at radius 2 is 2.23 bits per heavy atom. The molecule has 2 heterocycles. The van der Waals surface area contributed by atoms with E-state index in [1.54, 1.807) is 24.8 Å². The molecule has 2 aromatic heterocycles. The molecule has 5 heteroatoms. The fourth-order valence-corrected chi connectivity index (χ4v) is 1.17. The van der Waals surface area contributed by atoms with Crippen molar-refractivity contribution in [2.24, 2.45) is 0 Å². The minimum absolute atomic E-state index is 0.357. The molecule has 0 spiro atoms. The molecule has 0 N–H and O–H groups in total. The molecule has 0 radical (unpaired) electrons. The Bertz CT molecular complexity index is 387. The lowest BCUT2D eigenvalue weighted by Crippen LogP contribution is -1.85. The average Bonchev–Trinajstić information content (AvgIpc) is 2.67. The van der Waals surface area contributed by atoms with E-state index in [4.69, 9.17) is 16.1 Å². The average molecular weight is 196 g/mol. The predicted octanol–water partition coefficient (Wildman–Crippen LogP) is 1.87. The van der Waals surface area contributed by atoms with Crippen LogP contribution < -0.4 is 0 Å². The van der Waals surface area contributed by atoms with Gasteiger partial charge in [0.05, 0.1) is 18.3 Å². The summed E-state index contributed by atoms with van der Waals surface area (Å²) in [5.74, 6) is 0.943. The molecule has 2 aromatic rings. The minimum Gasteiger partial charge on any atom is -0.354 e. The lowest BCUT2D eigenvalue weighted by molar-refractivity contribution is 0.430. The largest absolute Gasteiger partial charge is 0.354 e. The molecular weight excluding hydrogens is 190 g/mol. The van der Waals surface area contributed by atoms with Gasteiger partial charge in [-0.1, -0.05) is 5.16 Å². The highest BCUT2D eigenvalue weighted by atomic mass is 35.5. The van der Waals surface area contributed by atoms with Crippen LogP contribution in [-0.2, 0) is 5.88 Å². The van der Waals surface area contributed by atoms with Gasteiger partial charge in [-0.2, -0.15) is 0 Å². The van der Waals surface area contributed by atoms with E-state index < -0.39 is 0 Å². The summed E-state index contributed by atoms with van der Waals surface area (Å²) in [6, 6.07) is 0. The minimum atomic E-state index is 0.357. The van der Waals surface area contributed by atoms with Crippen molar-refractivity contribution >= 4 is 11.6 Å². The second-order valence-electron chi connectivity index (χ2n) is 2.40. The number of hydrogen-bond donors (Lipinski definition) is 0. The predicted molar refractivity (Wildman–Crippen MR) is 47.1 cm³/mol. The fourth-order valence-electron chi connectivity index (χ4n) is 0.983. The van der Waals surface area contributed by atoms with Gasteiger partial charge in [0.1, 0.15) is 5.69 Å². The monoisotopic (exact) mass is 195 g/mol. The second kappa shape index (κ2) is 3.53. The summed E-state index contributed by atoms with van der Waals surface area (Å²) in [5.41, 5.74) is 1.47. The molecule has 0 bridgehead atoms. The van der Waals surface area contributed by atoms with Crippen LogP contribution in [0.2, 0.25) is 0 Å². The normalized spacial score (nSPS) is 10.2. The highest BCUT2D eigenvalue weighted by Gasteiger charge is 2.10. The lowest BCUT2D eigenvalue weighted by Gasteiger charge is -1.94. The van der Waals surface area contributed by atoms with Crippen LogP contribution in [0.3, 0.4) is 0 Å². The second-order valence-corrected chi connectivity index (χ2v) is 2.67. The maximum Gasteiger partial charge on any atom is 0.191 e. The molecule has 0 fully saturated rings. The molecule has 0 aromatic carbocycles. The molecule has 13 heavy (non-hydrogen) atoms. The molecule has 2 rings (SSSR count). The quantitative estimate of drug-likeness (QED) is 0.687. The van der Waals surface area contributed by atoms with E-state index in [0.717, 1.165) is 5.56 Å². The van der Waals surface area contributed by atoms with Crippen molar-refractivity contribution in [3.63, 3.8) is 0 Å². The summed E-state index contributed by atoms with van der Waals surface area (Å²) in [7, 11) is 0. The molecule has 66 valence electrons. The van der Waals surface area contributed by atoms with Crippen LogP contribution in [0.25, 0.3) is 11.5 Å². The van der Waals surface area contributed by atoms with Gasteiger partial charge in [0.2, 0.25) is 0 Å². The third kappa shape index (κ3) is 1.53. The Balaban J connectivity index is 2.47. The van der Waals surface area contributed by atoms with Crippen LogP contribution in [0.5, 0.6) is 0 Å². The fraction of sp³-hybridized carbons (Fsp3) is 0.125. The number of alkyl halides is 1. The first-order valence-corrected chi connectivity index (χ1v) is 4.21. The highest BCUT2D eigenvalue weighted by Crippen LogP contribution is 2.21. The van der Waals surface area contributed by atoms with Crippen LogP contribution in [0.4, 0.5) is 0 Å². The van der Waals surface area contributed by atoms with Gasteiger partial charge in [0.25, 0.3) is 0 Å². The Hall–Kier alpha value is -1.42. The molecule has 0 aliphatic rings. The van der Waals surface area contributed by atoms with E-state index >= 15 is 0 Å². The number of hydrogen-bond acceptors (Lipinski definition) is 4. The zero-order chi connectivity index (χ0) is 9.10. The van der Waals surface area contributed by atoms with Crippen molar-refractivity contribution in [3.8, 4) is 11.5 Å². The van der Waals surface area contributed by atoms with E-state index in [0.29, 0.717) is 17.3 Å². The van der Waals surface area contributed by atoms with Gasteiger partial charge in [-0.3, -0.25) is 4.98 Å². The topological polar surface area (TPSA) is 51.8 Å². The van der Waals surface area contributed by atoms with Gasteiger partial charge >= 0.3 is 0 Å². The summed E-state index contributed by atoms with van der Waals surface area (Å²) in [6.45, 7) is 0. The zero-order valence-corrected chi connectivity index (χ0v) is 7.40. The number of rotatable bonds is 2. The Labute approximate surface area is 79.6 Å². The Morgan fingerprint density at radius 1 is 1.31 bits per heavy atom. The lowest BCUT2D eigenvalue weighted by atomic mass is 10.2. The zero-order valence-electron chi connectivity index (χ0n) is 6.64. The summed E-state index contributed by atoms with van der Waals surface area (Å²) in [4.78, 5) is 8.00. The van der Waals surface area contributed by atoms with Gasteiger partial charge in [-0.15, -0.1) is 11.6 Å². The van der Waals surface area contributed by atoms with E-state index in [1.807, 2.05) is 0 Å². The summed E-state index contributed by atoms with van der Waals surface area (Å²) >= 11 is 5.68. The van der Waals surface area contributed by atoms with Crippen molar-refractivity contribution in [1.82, 2.24) is 15.1 Å². The van der Waals surface area contributed by atoms with Crippen LogP contribution in [-0.4, -0.2) is 15.1 Å². The van der Waals surface area contributed by atoms with Crippen molar-refractivity contribution < 1.29 is 4.52 Å². The number of aromatic nitrogens is 3. The number of halogens is 1. The molecule has 0 saturated heterocycles. The van der Waals surface area contributed by atoms with Crippen LogP contribution in [0, 0.1) is 0 Å². The molecule has 0 saturated carbocycles. The standard InChI is InChI=1S/C8H6ClN3O/c9-3-6-4-12-13-8(6)7-5-10-1-2-11-7/h1-2,4-5H,3H2. The Kier molecular flexibility index (Phi) is 2.23. The molecule has 0 atom stereocenters. The first-order chi connectivity index (χ1) is 6.42. The van der Waals surface area contributed by atoms with Gasteiger partial charge < -0.3 is 4.52 Å². The molecule has 0 aliphatic carbocycles. The van der Waals surface area contributed by atoms with Gasteiger partial charge in [-0.25, -0.2) is 4.98 Å². The molecule has 0 aliphatic heterocycles.